The van der Waals surface area contributed by atoms with E-state index in [4.69, 9.17) is 5.11 Å². The number of carboxylic acids is 1. The van der Waals surface area contributed by atoms with E-state index < -0.39 is 5.97 Å². The first-order valence-corrected chi connectivity index (χ1v) is 5.59. The fraction of sp³-hybridized carbons (Fsp3) is 0. The second-order valence-corrected chi connectivity index (χ2v) is 4.64. The second kappa shape index (κ2) is 4.08. The summed E-state index contributed by atoms with van der Waals surface area (Å²) in [7, 11) is 0. The summed E-state index contributed by atoms with van der Waals surface area (Å²) in [5, 5.41) is 9.34. The third-order valence-corrected chi connectivity index (χ3v) is 3.14. The quantitative estimate of drug-likeness (QED) is 0.921. The van der Waals surface area contributed by atoms with Crippen LogP contribution >= 0.6 is 27.3 Å². The molecule has 4 nitrogen and oxygen atoms in total. The van der Waals surface area contributed by atoms with Crippen molar-refractivity contribution >= 4 is 33.2 Å². The van der Waals surface area contributed by atoms with Crippen LogP contribution in [0.2, 0.25) is 0 Å². The molecule has 2 aromatic rings. The molecule has 0 aliphatic rings. The Morgan fingerprint density at radius 3 is 2.67 bits per heavy atom. The highest BCUT2D eigenvalue weighted by Crippen LogP contribution is 2.24. The molecule has 0 spiro atoms. The standard InChI is InChI=1S/C9H5BrN2O2S/c10-5-1-2-6(11-3-5)8-12-4-7(15-8)9(13)14/h1-4H,(H,13,14). The van der Waals surface area contributed by atoms with Gasteiger partial charge >= 0.3 is 5.97 Å². The summed E-state index contributed by atoms with van der Waals surface area (Å²) in [6, 6.07) is 3.62. The lowest BCUT2D eigenvalue weighted by Gasteiger charge is -1.94. The maximum absolute atomic E-state index is 10.6. The molecule has 0 bridgehead atoms. The van der Waals surface area contributed by atoms with Crippen LogP contribution in [0.15, 0.2) is 29.0 Å². The van der Waals surface area contributed by atoms with E-state index in [0.29, 0.717) is 10.7 Å². The number of nitrogens with zero attached hydrogens (tertiary/aromatic N) is 2. The highest BCUT2D eigenvalue weighted by atomic mass is 79.9. The fourth-order valence-electron chi connectivity index (χ4n) is 0.994. The van der Waals surface area contributed by atoms with Gasteiger partial charge < -0.3 is 5.11 Å². The number of carbonyl (C=O) groups is 1. The largest absolute Gasteiger partial charge is 0.477 e. The molecule has 6 heteroatoms. The number of thiazole rings is 1. The molecule has 0 aliphatic heterocycles. The molecule has 1 N–H and O–H groups in total. The normalized spacial score (nSPS) is 10.2. The number of carboxylic acid groups (broad SMARTS) is 1. The van der Waals surface area contributed by atoms with Crippen LogP contribution in [-0.4, -0.2) is 21.0 Å². The number of aromatic nitrogens is 2. The number of hydrogen-bond donors (Lipinski definition) is 1. The van der Waals surface area contributed by atoms with Gasteiger partial charge in [-0.3, -0.25) is 4.98 Å². The summed E-state index contributed by atoms with van der Waals surface area (Å²) in [5.74, 6) is -0.962. The van der Waals surface area contributed by atoms with Crippen LogP contribution in [-0.2, 0) is 0 Å². The average Bonchev–Trinajstić information content (AvgIpc) is 2.68. The Hall–Kier alpha value is -1.27. The summed E-state index contributed by atoms with van der Waals surface area (Å²) >= 11 is 4.38. The number of pyridine rings is 1. The molecule has 0 amide bonds. The van der Waals surface area contributed by atoms with E-state index in [-0.39, 0.29) is 4.88 Å². The van der Waals surface area contributed by atoms with Crippen molar-refractivity contribution in [2.24, 2.45) is 0 Å². The van der Waals surface area contributed by atoms with Gasteiger partial charge in [0, 0.05) is 10.7 Å². The Labute approximate surface area is 97.8 Å². The zero-order valence-electron chi connectivity index (χ0n) is 7.35. The lowest BCUT2D eigenvalue weighted by atomic mass is 10.4. The van der Waals surface area contributed by atoms with Crippen LogP contribution in [0.3, 0.4) is 0 Å². The molecule has 0 aromatic carbocycles. The number of rotatable bonds is 2. The molecular formula is C9H5BrN2O2S. The zero-order valence-corrected chi connectivity index (χ0v) is 9.75. The van der Waals surface area contributed by atoms with Crippen LogP contribution in [0.4, 0.5) is 0 Å². The first-order chi connectivity index (χ1) is 7.16. The van der Waals surface area contributed by atoms with E-state index in [9.17, 15) is 4.79 Å². The van der Waals surface area contributed by atoms with Crippen LogP contribution in [0.1, 0.15) is 9.67 Å². The highest BCUT2D eigenvalue weighted by molar-refractivity contribution is 9.10. The van der Waals surface area contributed by atoms with Gasteiger partial charge in [0.15, 0.2) is 0 Å². The molecule has 0 aliphatic carbocycles. The van der Waals surface area contributed by atoms with Crippen molar-refractivity contribution in [3.8, 4) is 10.7 Å². The Morgan fingerprint density at radius 1 is 1.33 bits per heavy atom. The monoisotopic (exact) mass is 284 g/mol. The average molecular weight is 285 g/mol. The van der Waals surface area contributed by atoms with Crippen molar-refractivity contribution in [3.63, 3.8) is 0 Å². The Kier molecular flexibility index (Phi) is 2.79. The van der Waals surface area contributed by atoms with Crippen molar-refractivity contribution in [1.29, 1.82) is 0 Å². The van der Waals surface area contributed by atoms with E-state index in [2.05, 4.69) is 25.9 Å². The summed E-state index contributed by atoms with van der Waals surface area (Å²) in [6.07, 6.45) is 2.99. The molecule has 0 radical (unpaired) electrons. The zero-order chi connectivity index (χ0) is 10.8. The molecule has 2 rings (SSSR count). The maximum Gasteiger partial charge on any atom is 0.347 e. The minimum absolute atomic E-state index is 0.217. The third-order valence-electron chi connectivity index (χ3n) is 1.66. The van der Waals surface area contributed by atoms with Gasteiger partial charge in [0.25, 0.3) is 0 Å². The Morgan fingerprint density at radius 2 is 2.13 bits per heavy atom. The first kappa shape index (κ1) is 10.3. The molecule has 0 saturated heterocycles. The minimum Gasteiger partial charge on any atom is -0.477 e. The predicted octanol–water partition coefficient (Wildman–Crippen LogP) is 2.67. The van der Waals surface area contributed by atoms with Crippen molar-refractivity contribution in [2.45, 2.75) is 0 Å². The lowest BCUT2D eigenvalue weighted by Crippen LogP contribution is -1.89. The summed E-state index contributed by atoms with van der Waals surface area (Å²) < 4.78 is 0.876. The summed E-state index contributed by atoms with van der Waals surface area (Å²) in [6.45, 7) is 0. The van der Waals surface area contributed by atoms with Gasteiger partial charge in [0.1, 0.15) is 9.88 Å². The van der Waals surface area contributed by atoms with Gasteiger partial charge in [-0.15, -0.1) is 11.3 Å². The minimum atomic E-state index is -0.962. The molecule has 2 aromatic heterocycles. The Bertz CT molecular complexity index is 495. The predicted molar refractivity (Wildman–Crippen MR) is 60.0 cm³/mol. The molecule has 0 unspecified atom stereocenters. The van der Waals surface area contributed by atoms with Gasteiger partial charge in [-0.25, -0.2) is 9.78 Å². The summed E-state index contributed by atoms with van der Waals surface area (Å²) in [5.41, 5.74) is 0.677. The van der Waals surface area contributed by atoms with E-state index in [1.54, 1.807) is 12.3 Å². The van der Waals surface area contributed by atoms with Crippen molar-refractivity contribution < 1.29 is 9.90 Å². The van der Waals surface area contributed by atoms with Gasteiger partial charge in [-0.2, -0.15) is 0 Å². The molecule has 0 atom stereocenters. The second-order valence-electron chi connectivity index (χ2n) is 2.70. The van der Waals surface area contributed by atoms with Crippen LogP contribution in [0, 0.1) is 0 Å². The van der Waals surface area contributed by atoms with E-state index in [1.807, 2.05) is 6.07 Å². The van der Waals surface area contributed by atoms with Gasteiger partial charge in [-0.1, -0.05) is 0 Å². The van der Waals surface area contributed by atoms with Crippen LogP contribution < -0.4 is 0 Å². The van der Waals surface area contributed by atoms with Crippen molar-refractivity contribution in [3.05, 3.63) is 33.9 Å². The number of aromatic carboxylic acids is 1. The number of halogens is 1. The lowest BCUT2D eigenvalue weighted by molar-refractivity contribution is 0.0702. The number of hydrogen-bond acceptors (Lipinski definition) is 4. The van der Waals surface area contributed by atoms with Gasteiger partial charge in [0.05, 0.1) is 11.9 Å². The van der Waals surface area contributed by atoms with E-state index in [1.165, 1.54) is 6.20 Å². The molecule has 0 saturated carbocycles. The first-order valence-electron chi connectivity index (χ1n) is 3.98. The molecule has 15 heavy (non-hydrogen) atoms. The molecule has 2 heterocycles. The van der Waals surface area contributed by atoms with Crippen LogP contribution in [0.25, 0.3) is 10.7 Å². The smallest absolute Gasteiger partial charge is 0.347 e. The van der Waals surface area contributed by atoms with Crippen molar-refractivity contribution in [2.75, 3.05) is 0 Å². The maximum atomic E-state index is 10.6. The molecular weight excluding hydrogens is 280 g/mol. The van der Waals surface area contributed by atoms with E-state index >= 15 is 0 Å². The SMILES string of the molecule is O=C(O)c1cnc(-c2ccc(Br)cn2)s1. The Balaban J connectivity index is 2.37. The highest BCUT2D eigenvalue weighted by Gasteiger charge is 2.10. The fourth-order valence-corrected chi connectivity index (χ4v) is 1.96. The van der Waals surface area contributed by atoms with Crippen molar-refractivity contribution in [1.82, 2.24) is 9.97 Å². The molecule has 76 valence electrons. The summed E-state index contributed by atoms with van der Waals surface area (Å²) in [4.78, 5) is 19.0. The van der Waals surface area contributed by atoms with Crippen LogP contribution in [0.5, 0.6) is 0 Å². The topological polar surface area (TPSA) is 63.1 Å². The van der Waals surface area contributed by atoms with E-state index in [0.717, 1.165) is 15.8 Å². The molecule has 0 fully saturated rings. The van der Waals surface area contributed by atoms with Gasteiger partial charge in [-0.05, 0) is 28.1 Å². The van der Waals surface area contributed by atoms with Gasteiger partial charge in [0.2, 0.25) is 0 Å². The third kappa shape index (κ3) is 2.21.